The van der Waals surface area contributed by atoms with E-state index in [-0.39, 0.29) is 6.04 Å². The van der Waals surface area contributed by atoms with Crippen molar-refractivity contribution in [3.8, 4) is 5.75 Å². The highest BCUT2D eigenvalue weighted by atomic mass is 32.2. The summed E-state index contributed by atoms with van der Waals surface area (Å²) in [6, 6.07) is 16.8. The van der Waals surface area contributed by atoms with Crippen LogP contribution in [0.2, 0.25) is 0 Å². The zero-order valence-corrected chi connectivity index (χ0v) is 12.8. The molecule has 0 amide bonds. The summed E-state index contributed by atoms with van der Waals surface area (Å²) in [6.45, 7) is 2.11. The van der Waals surface area contributed by atoms with E-state index >= 15 is 0 Å². The van der Waals surface area contributed by atoms with Crippen LogP contribution in [-0.2, 0) is 6.42 Å². The number of benzene rings is 2. The molecule has 0 aliphatic heterocycles. The maximum Gasteiger partial charge on any atom is 0.119 e. The van der Waals surface area contributed by atoms with Crippen LogP contribution < -0.4 is 10.5 Å². The van der Waals surface area contributed by atoms with E-state index in [0.717, 1.165) is 17.9 Å². The first-order valence-electron chi connectivity index (χ1n) is 6.75. The number of methoxy groups -OCH3 is 1. The molecule has 1 atom stereocenters. The van der Waals surface area contributed by atoms with E-state index in [1.165, 1.54) is 16.0 Å². The van der Waals surface area contributed by atoms with Gasteiger partial charge in [-0.05, 0) is 43.2 Å². The van der Waals surface area contributed by atoms with Gasteiger partial charge in [0.05, 0.1) is 7.11 Å². The van der Waals surface area contributed by atoms with Gasteiger partial charge in [-0.25, -0.2) is 0 Å². The minimum Gasteiger partial charge on any atom is -0.497 e. The Hall–Kier alpha value is -1.45. The van der Waals surface area contributed by atoms with Crippen LogP contribution in [0, 0.1) is 6.92 Å². The van der Waals surface area contributed by atoms with E-state index in [2.05, 4.69) is 43.3 Å². The molecule has 20 heavy (non-hydrogen) atoms. The summed E-state index contributed by atoms with van der Waals surface area (Å²) in [6.07, 6.45) is 0.871. The molecule has 2 rings (SSSR count). The maximum atomic E-state index is 6.22. The predicted molar refractivity (Wildman–Crippen MR) is 86.6 cm³/mol. The van der Waals surface area contributed by atoms with Crippen molar-refractivity contribution in [2.45, 2.75) is 24.3 Å². The normalized spacial score (nSPS) is 12.2. The van der Waals surface area contributed by atoms with Gasteiger partial charge in [-0.3, -0.25) is 0 Å². The van der Waals surface area contributed by atoms with Crippen molar-refractivity contribution < 1.29 is 4.74 Å². The summed E-state index contributed by atoms with van der Waals surface area (Å²) in [5, 5.41) is 0. The summed E-state index contributed by atoms with van der Waals surface area (Å²) < 4.78 is 5.23. The molecule has 2 N–H and O–H groups in total. The zero-order valence-electron chi connectivity index (χ0n) is 12.0. The van der Waals surface area contributed by atoms with Gasteiger partial charge >= 0.3 is 0 Å². The van der Waals surface area contributed by atoms with Crippen molar-refractivity contribution in [2.75, 3.05) is 12.9 Å². The van der Waals surface area contributed by atoms with Crippen LogP contribution >= 0.6 is 11.8 Å². The third-order valence-electron chi connectivity index (χ3n) is 3.09. The quantitative estimate of drug-likeness (QED) is 0.823. The van der Waals surface area contributed by atoms with E-state index in [4.69, 9.17) is 10.5 Å². The van der Waals surface area contributed by atoms with Gasteiger partial charge in [0, 0.05) is 16.7 Å². The van der Waals surface area contributed by atoms with Crippen LogP contribution in [0.3, 0.4) is 0 Å². The Balaban J connectivity index is 1.87. The average Bonchev–Trinajstić information content (AvgIpc) is 2.45. The number of aryl methyl sites for hydroxylation is 1. The second kappa shape index (κ2) is 7.36. The largest absolute Gasteiger partial charge is 0.497 e. The molecule has 106 valence electrons. The summed E-state index contributed by atoms with van der Waals surface area (Å²) >= 11 is 1.82. The Morgan fingerprint density at radius 2 is 1.95 bits per heavy atom. The highest BCUT2D eigenvalue weighted by Crippen LogP contribution is 2.21. The molecule has 0 saturated carbocycles. The van der Waals surface area contributed by atoms with Crippen LogP contribution in [0.4, 0.5) is 0 Å². The summed E-state index contributed by atoms with van der Waals surface area (Å²) in [5.74, 6) is 1.81. The molecule has 2 aromatic rings. The topological polar surface area (TPSA) is 35.2 Å². The second-order valence-electron chi connectivity index (χ2n) is 4.94. The molecule has 0 saturated heterocycles. The predicted octanol–water partition coefficient (Wildman–Crippen LogP) is 3.67. The lowest BCUT2D eigenvalue weighted by Gasteiger charge is -2.12. The lowest BCUT2D eigenvalue weighted by atomic mass is 10.1. The molecule has 0 aliphatic rings. The highest BCUT2D eigenvalue weighted by Gasteiger charge is 2.06. The molecule has 0 heterocycles. The van der Waals surface area contributed by atoms with Crippen LogP contribution in [0.5, 0.6) is 5.75 Å². The van der Waals surface area contributed by atoms with Gasteiger partial charge in [0.2, 0.25) is 0 Å². The Morgan fingerprint density at radius 1 is 1.15 bits per heavy atom. The van der Waals surface area contributed by atoms with E-state index in [9.17, 15) is 0 Å². The molecular weight excluding hydrogens is 266 g/mol. The molecule has 0 aromatic heterocycles. The van der Waals surface area contributed by atoms with Crippen molar-refractivity contribution in [3.05, 3.63) is 59.7 Å². The van der Waals surface area contributed by atoms with Gasteiger partial charge < -0.3 is 10.5 Å². The Bertz CT molecular complexity index is 556. The fourth-order valence-electron chi connectivity index (χ4n) is 2.07. The summed E-state index contributed by atoms with van der Waals surface area (Å²) in [5.41, 5.74) is 8.73. The molecule has 2 aromatic carbocycles. The first-order chi connectivity index (χ1) is 9.67. The van der Waals surface area contributed by atoms with Crippen molar-refractivity contribution >= 4 is 11.8 Å². The maximum absolute atomic E-state index is 6.22. The SMILES string of the molecule is COc1cccc(CC(N)CSc2cccc(C)c2)c1. The minimum absolute atomic E-state index is 0.146. The zero-order chi connectivity index (χ0) is 14.4. The molecule has 1 unspecified atom stereocenters. The van der Waals surface area contributed by atoms with Crippen LogP contribution in [0.1, 0.15) is 11.1 Å². The van der Waals surface area contributed by atoms with Crippen LogP contribution in [-0.4, -0.2) is 18.9 Å². The fourth-order valence-corrected chi connectivity index (χ4v) is 3.04. The number of hydrogen-bond donors (Lipinski definition) is 1. The van der Waals surface area contributed by atoms with Gasteiger partial charge in [0.25, 0.3) is 0 Å². The van der Waals surface area contributed by atoms with Gasteiger partial charge in [-0.1, -0.05) is 29.8 Å². The first kappa shape index (κ1) is 14.9. The second-order valence-corrected chi connectivity index (χ2v) is 6.04. The molecule has 0 radical (unpaired) electrons. The lowest BCUT2D eigenvalue weighted by Crippen LogP contribution is -2.25. The minimum atomic E-state index is 0.146. The standard InChI is InChI=1S/C17H21NOS/c1-13-5-3-8-17(9-13)20-12-15(18)10-14-6-4-7-16(11-14)19-2/h3-9,11,15H,10,12,18H2,1-2H3. The third kappa shape index (κ3) is 4.58. The highest BCUT2D eigenvalue weighted by molar-refractivity contribution is 7.99. The molecular formula is C17H21NOS. The summed E-state index contributed by atoms with van der Waals surface area (Å²) in [4.78, 5) is 1.28. The van der Waals surface area contributed by atoms with E-state index in [0.29, 0.717) is 0 Å². The van der Waals surface area contributed by atoms with Crippen molar-refractivity contribution in [1.29, 1.82) is 0 Å². The number of nitrogens with two attached hydrogens (primary N) is 1. The number of ether oxygens (including phenoxy) is 1. The molecule has 0 bridgehead atoms. The fraction of sp³-hybridized carbons (Fsp3) is 0.294. The Labute approximate surface area is 125 Å². The van der Waals surface area contributed by atoms with Crippen molar-refractivity contribution in [3.63, 3.8) is 0 Å². The van der Waals surface area contributed by atoms with E-state index in [1.54, 1.807) is 7.11 Å². The number of rotatable bonds is 6. The van der Waals surface area contributed by atoms with Crippen molar-refractivity contribution in [1.82, 2.24) is 0 Å². The van der Waals surface area contributed by atoms with Gasteiger partial charge in [-0.2, -0.15) is 0 Å². The lowest BCUT2D eigenvalue weighted by molar-refractivity contribution is 0.414. The number of hydrogen-bond acceptors (Lipinski definition) is 3. The van der Waals surface area contributed by atoms with E-state index < -0.39 is 0 Å². The third-order valence-corrected chi connectivity index (χ3v) is 4.27. The van der Waals surface area contributed by atoms with Crippen LogP contribution in [0.15, 0.2) is 53.4 Å². The van der Waals surface area contributed by atoms with Gasteiger partial charge in [0.15, 0.2) is 0 Å². The van der Waals surface area contributed by atoms with Crippen LogP contribution in [0.25, 0.3) is 0 Å². The molecule has 0 fully saturated rings. The van der Waals surface area contributed by atoms with Gasteiger partial charge in [-0.15, -0.1) is 11.8 Å². The number of thioether (sulfide) groups is 1. The van der Waals surface area contributed by atoms with E-state index in [1.807, 2.05) is 23.9 Å². The summed E-state index contributed by atoms with van der Waals surface area (Å²) in [7, 11) is 1.69. The smallest absolute Gasteiger partial charge is 0.119 e. The molecule has 0 spiro atoms. The average molecular weight is 287 g/mol. The van der Waals surface area contributed by atoms with Crippen molar-refractivity contribution in [2.24, 2.45) is 5.73 Å². The monoisotopic (exact) mass is 287 g/mol. The molecule has 3 heteroatoms. The first-order valence-corrected chi connectivity index (χ1v) is 7.74. The Morgan fingerprint density at radius 3 is 2.70 bits per heavy atom. The Kier molecular flexibility index (Phi) is 5.50. The van der Waals surface area contributed by atoms with Gasteiger partial charge in [0.1, 0.15) is 5.75 Å². The molecule has 2 nitrogen and oxygen atoms in total. The molecule has 0 aliphatic carbocycles.